The molecule has 98 valence electrons. The van der Waals surface area contributed by atoms with Gasteiger partial charge in [-0.2, -0.15) is 8.75 Å². The van der Waals surface area contributed by atoms with Gasteiger partial charge in [0.15, 0.2) is 5.82 Å². The van der Waals surface area contributed by atoms with Crippen LogP contribution >= 0.6 is 11.7 Å². The summed E-state index contributed by atoms with van der Waals surface area (Å²) in [6, 6.07) is 0. The van der Waals surface area contributed by atoms with Crippen molar-refractivity contribution in [1.29, 1.82) is 0 Å². The first kappa shape index (κ1) is 11.9. The molecule has 2 aliphatic rings. The first-order valence-electron chi connectivity index (χ1n) is 6.23. The predicted molar refractivity (Wildman–Crippen MR) is 67.6 cm³/mol. The van der Waals surface area contributed by atoms with E-state index in [4.69, 9.17) is 4.74 Å². The molecule has 0 spiro atoms. The molecule has 1 atom stereocenters. The van der Waals surface area contributed by atoms with Crippen molar-refractivity contribution in [3.63, 3.8) is 0 Å². The summed E-state index contributed by atoms with van der Waals surface area (Å²) in [6.45, 7) is 4.53. The molecule has 3 heterocycles. The third-order valence-corrected chi connectivity index (χ3v) is 4.01. The van der Waals surface area contributed by atoms with Crippen LogP contribution in [0.25, 0.3) is 0 Å². The van der Waals surface area contributed by atoms with Crippen LogP contribution in [0.4, 0.5) is 5.82 Å². The summed E-state index contributed by atoms with van der Waals surface area (Å²) >= 11 is 1.22. The lowest BCUT2D eigenvalue weighted by atomic mass is 10.1. The molecule has 2 saturated heterocycles. The number of anilines is 1. The van der Waals surface area contributed by atoms with E-state index in [9.17, 15) is 4.79 Å². The largest absolute Gasteiger partial charge is 0.381 e. The number of carbonyl (C=O) groups is 1. The Labute approximate surface area is 110 Å². The van der Waals surface area contributed by atoms with Gasteiger partial charge in [-0.25, -0.2) is 0 Å². The normalized spacial score (nSPS) is 24.6. The van der Waals surface area contributed by atoms with Gasteiger partial charge in [-0.05, 0) is 6.42 Å². The molecule has 6 nitrogen and oxygen atoms in total. The lowest BCUT2D eigenvalue weighted by Crippen LogP contribution is -2.50. The van der Waals surface area contributed by atoms with Crippen LogP contribution in [0.3, 0.4) is 0 Å². The summed E-state index contributed by atoms with van der Waals surface area (Å²) in [7, 11) is 0. The van der Waals surface area contributed by atoms with Crippen molar-refractivity contribution < 1.29 is 9.53 Å². The van der Waals surface area contributed by atoms with Gasteiger partial charge in [0, 0.05) is 32.8 Å². The van der Waals surface area contributed by atoms with Crippen molar-refractivity contribution >= 4 is 23.5 Å². The molecular formula is C11H16N4O2S. The molecule has 0 aliphatic carbocycles. The molecule has 2 aliphatic heterocycles. The van der Waals surface area contributed by atoms with Crippen LogP contribution in [0.5, 0.6) is 0 Å². The molecule has 18 heavy (non-hydrogen) atoms. The number of ether oxygens (including phenoxy) is 1. The maximum atomic E-state index is 12.2. The van der Waals surface area contributed by atoms with Crippen LogP contribution in [0.1, 0.15) is 6.42 Å². The Morgan fingerprint density at radius 3 is 2.83 bits per heavy atom. The number of rotatable bonds is 2. The zero-order valence-corrected chi connectivity index (χ0v) is 10.9. The fourth-order valence-electron chi connectivity index (χ4n) is 2.44. The lowest BCUT2D eigenvalue weighted by molar-refractivity contribution is -0.135. The Morgan fingerprint density at radius 1 is 1.39 bits per heavy atom. The fourth-order valence-corrected chi connectivity index (χ4v) is 2.88. The van der Waals surface area contributed by atoms with Gasteiger partial charge in [-0.15, -0.1) is 0 Å². The van der Waals surface area contributed by atoms with Gasteiger partial charge in [0.05, 0.1) is 30.4 Å². The smallest absolute Gasteiger partial charge is 0.228 e. The van der Waals surface area contributed by atoms with Crippen molar-refractivity contribution in [2.75, 3.05) is 44.3 Å². The number of carbonyl (C=O) groups excluding carboxylic acids is 1. The van der Waals surface area contributed by atoms with E-state index >= 15 is 0 Å². The third-order valence-electron chi connectivity index (χ3n) is 3.54. The Hall–Kier alpha value is -1.21. The van der Waals surface area contributed by atoms with Gasteiger partial charge in [-0.1, -0.05) is 0 Å². The summed E-state index contributed by atoms with van der Waals surface area (Å²) < 4.78 is 13.5. The maximum Gasteiger partial charge on any atom is 0.228 e. The van der Waals surface area contributed by atoms with E-state index in [0.29, 0.717) is 6.61 Å². The van der Waals surface area contributed by atoms with E-state index in [1.165, 1.54) is 11.7 Å². The standard InChI is InChI=1S/C11H16N4O2S/c16-11(9-1-6-17-8-9)15-4-2-14(3-5-15)10-7-12-18-13-10/h7,9H,1-6,8H2. The van der Waals surface area contributed by atoms with E-state index < -0.39 is 0 Å². The Balaban J connectivity index is 1.55. The van der Waals surface area contributed by atoms with Crippen molar-refractivity contribution in [1.82, 2.24) is 13.6 Å². The molecular weight excluding hydrogens is 252 g/mol. The highest BCUT2D eigenvalue weighted by atomic mass is 32.1. The van der Waals surface area contributed by atoms with Crippen LogP contribution < -0.4 is 4.90 Å². The quantitative estimate of drug-likeness (QED) is 0.768. The van der Waals surface area contributed by atoms with Crippen LogP contribution in [-0.2, 0) is 9.53 Å². The minimum absolute atomic E-state index is 0.0810. The summed E-state index contributed by atoms with van der Waals surface area (Å²) in [5, 5.41) is 0. The van der Waals surface area contributed by atoms with E-state index in [0.717, 1.165) is 45.0 Å². The molecule has 1 aromatic heterocycles. The van der Waals surface area contributed by atoms with E-state index in [1.54, 1.807) is 6.20 Å². The molecule has 0 saturated carbocycles. The van der Waals surface area contributed by atoms with Gasteiger partial charge < -0.3 is 14.5 Å². The molecule has 7 heteroatoms. The highest BCUT2D eigenvalue weighted by molar-refractivity contribution is 6.99. The molecule has 0 N–H and O–H groups in total. The topological polar surface area (TPSA) is 58.6 Å². The number of hydrogen-bond acceptors (Lipinski definition) is 6. The zero-order valence-electron chi connectivity index (χ0n) is 10.1. The lowest BCUT2D eigenvalue weighted by Gasteiger charge is -2.35. The van der Waals surface area contributed by atoms with Crippen LogP contribution in [-0.4, -0.2) is 58.9 Å². The van der Waals surface area contributed by atoms with Crippen molar-refractivity contribution in [3.05, 3.63) is 6.20 Å². The molecule has 1 aromatic rings. The third kappa shape index (κ3) is 2.32. The number of aromatic nitrogens is 2. The van der Waals surface area contributed by atoms with Crippen LogP contribution in [0.15, 0.2) is 6.20 Å². The Kier molecular flexibility index (Phi) is 3.42. The second-order valence-corrected chi connectivity index (χ2v) is 5.20. The summed E-state index contributed by atoms with van der Waals surface area (Å²) in [5.41, 5.74) is 0. The van der Waals surface area contributed by atoms with Gasteiger partial charge >= 0.3 is 0 Å². The molecule has 1 amide bonds. The summed E-state index contributed by atoms with van der Waals surface area (Å²) in [6.07, 6.45) is 2.65. The number of hydrogen-bond donors (Lipinski definition) is 0. The zero-order chi connectivity index (χ0) is 12.4. The monoisotopic (exact) mass is 268 g/mol. The number of piperazine rings is 1. The minimum atomic E-state index is 0.0810. The van der Waals surface area contributed by atoms with Crippen LogP contribution in [0.2, 0.25) is 0 Å². The van der Waals surface area contributed by atoms with E-state index in [1.807, 2.05) is 4.90 Å². The van der Waals surface area contributed by atoms with E-state index in [-0.39, 0.29) is 11.8 Å². The molecule has 1 unspecified atom stereocenters. The minimum Gasteiger partial charge on any atom is -0.381 e. The van der Waals surface area contributed by atoms with Gasteiger partial charge in [0.25, 0.3) is 0 Å². The fraction of sp³-hybridized carbons (Fsp3) is 0.727. The second kappa shape index (κ2) is 5.19. The molecule has 3 rings (SSSR count). The van der Waals surface area contributed by atoms with Gasteiger partial charge in [-0.3, -0.25) is 4.79 Å². The molecule has 0 radical (unpaired) electrons. The first-order chi connectivity index (χ1) is 8.84. The molecule has 0 bridgehead atoms. The van der Waals surface area contributed by atoms with Gasteiger partial charge in [0.1, 0.15) is 0 Å². The SMILES string of the molecule is O=C(C1CCOC1)N1CCN(c2cnsn2)CC1. The summed E-state index contributed by atoms with van der Waals surface area (Å²) in [4.78, 5) is 16.3. The highest BCUT2D eigenvalue weighted by Gasteiger charge is 2.30. The average Bonchev–Trinajstić information content (AvgIpc) is 3.11. The highest BCUT2D eigenvalue weighted by Crippen LogP contribution is 2.18. The maximum absolute atomic E-state index is 12.2. The molecule has 0 aromatic carbocycles. The number of nitrogens with zero attached hydrogens (tertiary/aromatic N) is 4. The predicted octanol–water partition coefficient (Wildman–Crippen LogP) is 0.223. The average molecular weight is 268 g/mol. The second-order valence-electron chi connectivity index (χ2n) is 4.64. The van der Waals surface area contributed by atoms with Gasteiger partial charge in [0.2, 0.25) is 5.91 Å². The number of amides is 1. The first-order valence-corrected chi connectivity index (χ1v) is 6.96. The van der Waals surface area contributed by atoms with Crippen LogP contribution in [0, 0.1) is 5.92 Å². The van der Waals surface area contributed by atoms with E-state index in [2.05, 4.69) is 13.6 Å². The summed E-state index contributed by atoms with van der Waals surface area (Å²) in [5.74, 6) is 1.26. The van der Waals surface area contributed by atoms with Crippen molar-refractivity contribution in [3.8, 4) is 0 Å². The molecule has 2 fully saturated rings. The Bertz CT molecular complexity index is 397. The van der Waals surface area contributed by atoms with Crippen molar-refractivity contribution in [2.24, 2.45) is 5.92 Å². The van der Waals surface area contributed by atoms with Crippen molar-refractivity contribution in [2.45, 2.75) is 6.42 Å². The Morgan fingerprint density at radius 2 is 2.22 bits per heavy atom.